The van der Waals surface area contributed by atoms with Crippen molar-refractivity contribution in [1.29, 1.82) is 0 Å². The molecule has 0 heterocycles. The largest absolute Gasteiger partial charge is 0.433 e. The second-order valence-electron chi connectivity index (χ2n) is 5.02. The van der Waals surface area contributed by atoms with E-state index >= 15 is 0 Å². The summed E-state index contributed by atoms with van der Waals surface area (Å²) in [5.41, 5.74) is 0.132. The monoisotopic (exact) mass is 246 g/mol. The van der Waals surface area contributed by atoms with Crippen LogP contribution < -0.4 is 5.32 Å². The molecule has 0 aromatic rings. The van der Waals surface area contributed by atoms with Gasteiger partial charge in [-0.05, 0) is 5.41 Å². The summed E-state index contributed by atoms with van der Waals surface area (Å²) in [5, 5.41) is 7.52. The average Bonchev–Trinajstić information content (AvgIpc) is 2.10. The van der Waals surface area contributed by atoms with Crippen LogP contribution in [0.1, 0.15) is 41.0 Å². The summed E-state index contributed by atoms with van der Waals surface area (Å²) in [6, 6.07) is 0. The number of carbonyl (C=O) groups excluding carboxylic acids is 1. The van der Waals surface area contributed by atoms with E-state index in [1.165, 1.54) is 7.05 Å². The molecule has 0 atom stereocenters. The van der Waals surface area contributed by atoms with Crippen LogP contribution in [0.25, 0.3) is 0 Å². The van der Waals surface area contributed by atoms with Gasteiger partial charge in [0.1, 0.15) is 5.04 Å². The zero-order valence-corrected chi connectivity index (χ0v) is 11.8. The van der Waals surface area contributed by atoms with Gasteiger partial charge in [-0.15, -0.1) is 11.8 Å². The van der Waals surface area contributed by atoms with Gasteiger partial charge in [0.2, 0.25) is 0 Å². The highest BCUT2D eigenvalue weighted by molar-refractivity contribution is 8.14. The van der Waals surface area contributed by atoms with E-state index in [2.05, 4.69) is 45.1 Å². The summed E-state index contributed by atoms with van der Waals surface area (Å²) in [6.45, 7) is 10.6. The molecular weight excluding hydrogens is 224 g/mol. The predicted molar refractivity (Wildman–Crippen MR) is 69.8 cm³/mol. The molecule has 0 aromatic carbocycles. The molecule has 0 aromatic heterocycles. The number of hydrogen-bond donors (Lipinski definition) is 1. The maximum absolute atomic E-state index is 10.9. The third-order valence-corrected chi connectivity index (χ3v) is 2.45. The minimum atomic E-state index is -0.532. The van der Waals surface area contributed by atoms with Crippen molar-refractivity contribution < 1.29 is 9.63 Å². The highest BCUT2D eigenvalue weighted by Crippen LogP contribution is 2.26. The first kappa shape index (κ1) is 15.3. The molecule has 0 aliphatic heterocycles. The van der Waals surface area contributed by atoms with Crippen LogP contribution in [0.3, 0.4) is 0 Å². The number of thioether (sulfide) groups is 1. The number of hydrogen-bond acceptors (Lipinski definition) is 4. The lowest BCUT2D eigenvalue weighted by Crippen LogP contribution is -2.18. The number of nitrogens with zero attached hydrogens (tertiary/aromatic N) is 1. The SMILES string of the molecule is CNC(=O)ON=C(CC(C)(C)C)SC(C)C. The normalized spacial score (nSPS) is 12.8. The number of oxime groups is 1. The Morgan fingerprint density at radius 2 is 2.00 bits per heavy atom. The molecule has 0 unspecified atom stereocenters. The molecule has 0 aliphatic carbocycles. The van der Waals surface area contributed by atoms with Crippen LogP contribution >= 0.6 is 11.8 Å². The lowest BCUT2D eigenvalue weighted by atomic mass is 9.93. The molecule has 0 fully saturated rings. The number of amides is 1. The van der Waals surface area contributed by atoms with Crippen molar-refractivity contribution in [2.24, 2.45) is 10.6 Å². The quantitative estimate of drug-likeness (QED) is 0.360. The van der Waals surface area contributed by atoms with E-state index in [1.54, 1.807) is 11.8 Å². The van der Waals surface area contributed by atoms with Crippen LogP contribution in [0.5, 0.6) is 0 Å². The molecule has 0 spiro atoms. The van der Waals surface area contributed by atoms with E-state index in [-0.39, 0.29) is 5.41 Å². The van der Waals surface area contributed by atoms with Crippen LogP contribution in [0, 0.1) is 5.41 Å². The fraction of sp³-hybridized carbons (Fsp3) is 0.818. The Labute approximate surface area is 102 Å². The van der Waals surface area contributed by atoms with Crippen molar-refractivity contribution in [3.63, 3.8) is 0 Å². The molecule has 4 nitrogen and oxygen atoms in total. The van der Waals surface area contributed by atoms with Gasteiger partial charge in [-0.25, -0.2) is 4.79 Å². The number of nitrogens with one attached hydrogen (secondary N) is 1. The summed E-state index contributed by atoms with van der Waals surface area (Å²) in [5.74, 6) is 0. The van der Waals surface area contributed by atoms with Gasteiger partial charge >= 0.3 is 6.09 Å². The van der Waals surface area contributed by atoms with E-state index in [1.807, 2.05) is 0 Å². The fourth-order valence-corrected chi connectivity index (χ4v) is 2.10. The van der Waals surface area contributed by atoms with Crippen molar-refractivity contribution in [2.45, 2.75) is 46.3 Å². The summed E-state index contributed by atoms with van der Waals surface area (Å²) in [6.07, 6.45) is 0.267. The van der Waals surface area contributed by atoms with E-state index < -0.39 is 6.09 Å². The van der Waals surface area contributed by atoms with E-state index in [4.69, 9.17) is 4.84 Å². The minimum Gasteiger partial charge on any atom is -0.323 e. The van der Waals surface area contributed by atoms with Gasteiger partial charge in [-0.2, -0.15) is 0 Å². The molecule has 16 heavy (non-hydrogen) atoms. The van der Waals surface area contributed by atoms with Gasteiger partial charge in [0.05, 0.1) is 0 Å². The van der Waals surface area contributed by atoms with Crippen LogP contribution in [-0.4, -0.2) is 23.4 Å². The Morgan fingerprint density at radius 1 is 1.44 bits per heavy atom. The van der Waals surface area contributed by atoms with Crippen molar-refractivity contribution in [1.82, 2.24) is 5.32 Å². The summed E-state index contributed by atoms with van der Waals surface area (Å²) in [4.78, 5) is 15.6. The second-order valence-corrected chi connectivity index (χ2v) is 6.67. The molecule has 1 amide bonds. The molecule has 0 saturated carbocycles. The summed E-state index contributed by atoms with van der Waals surface area (Å²) < 4.78 is 0. The first-order valence-corrected chi connectivity index (χ1v) is 6.25. The van der Waals surface area contributed by atoms with Crippen LogP contribution in [0.2, 0.25) is 0 Å². The third-order valence-electron chi connectivity index (χ3n) is 1.49. The molecule has 5 heteroatoms. The molecular formula is C11H22N2O2S. The second kappa shape index (κ2) is 6.78. The van der Waals surface area contributed by atoms with E-state index in [0.29, 0.717) is 5.25 Å². The van der Waals surface area contributed by atoms with Crippen molar-refractivity contribution in [3.05, 3.63) is 0 Å². The summed E-state index contributed by atoms with van der Waals surface area (Å²) >= 11 is 1.62. The van der Waals surface area contributed by atoms with Gasteiger partial charge in [0.25, 0.3) is 0 Å². The van der Waals surface area contributed by atoms with Gasteiger partial charge in [0.15, 0.2) is 0 Å². The molecule has 0 radical (unpaired) electrons. The molecule has 94 valence electrons. The highest BCUT2D eigenvalue weighted by atomic mass is 32.2. The molecule has 1 N–H and O–H groups in total. The molecule has 0 rings (SSSR count). The van der Waals surface area contributed by atoms with Gasteiger partial charge in [-0.3, -0.25) is 4.84 Å². The zero-order valence-electron chi connectivity index (χ0n) is 11.0. The van der Waals surface area contributed by atoms with Crippen molar-refractivity contribution in [3.8, 4) is 0 Å². The third kappa shape index (κ3) is 8.59. The first-order valence-electron chi connectivity index (χ1n) is 5.37. The van der Waals surface area contributed by atoms with Gasteiger partial charge in [-0.1, -0.05) is 39.8 Å². The standard InChI is InChI=1S/C11H22N2O2S/c1-8(2)16-9(7-11(3,4)5)13-15-10(14)12-6/h8H,7H2,1-6H3,(H,12,14). The lowest BCUT2D eigenvalue weighted by Gasteiger charge is -2.19. The predicted octanol–water partition coefficient (Wildman–Crippen LogP) is 3.23. The van der Waals surface area contributed by atoms with E-state index in [9.17, 15) is 4.79 Å². The Hall–Kier alpha value is -0.710. The topological polar surface area (TPSA) is 50.7 Å². The van der Waals surface area contributed by atoms with E-state index in [0.717, 1.165) is 11.5 Å². The fourth-order valence-electron chi connectivity index (χ4n) is 0.959. The summed E-state index contributed by atoms with van der Waals surface area (Å²) in [7, 11) is 1.51. The zero-order chi connectivity index (χ0) is 12.8. The van der Waals surface area contributed by atoms with Crippen molar-refractivity contribution in [2.75, 3.05) is 7.05 Å². The van der Waals surface area contributed by atoms with Crippen molar-refractivity contribution >= 4 is 22.9 Å². The Kier molecular flexibility index (Phi) is 6.48. The van der Waals surface area contributed by atoms with Gasteiger partial charge < -0.3 is 5.32 Å². The average molecular weight is 246 g/mol. The molecule has 0 aliphatic rings. The maximum Gasteiger partial charge on any atom is 0.433 e. The highest BCUT2D eigenvalue weighted by Gasteiger charge is 2.17. The van der Waals surface area contributed by atoms with Crippen LogP contribution in [0.4, 0.5) is 4.79 Å². The number of carbonyl (C=O) groups is 1. The first-order chi connectivity index (χ1) is 7.24. The Bertz CT molecular complexity index is 257. The molecule has 0 saturated heterocycles. The number of rotatable bonds is 3. The van der Waals surface area contributed by atoms with Crippen LogP contribution in [0.15, 0.2) is 5.16 Å². The van der Waals surface area contributed by atoms with Gasteiger partial charge in [0, 0.05) is 18.7 Å². The smallest absolute Gasteiger partial charge is 0.323 e. The Morgan fingerprint density at radius 3 is 2.38 bits per heavy atom. The molecule has 0 bridgehead atoms. The Balaban J connectivity index is 4.47. The lowest BCUT2D eigenvalue weighted by molar-refractivity contribution is 0.153. The van der Waals surface area contributed by atoms with Crippen LogP contribution in [-0.2, 0) is 4.84 Å². The maximum atomic E-state index is 10.9. The minimum absolute atomic E-state index is 0.132.